The van der Waals surface area contributed by atoms with Gasteiger partial charge in [-0.15, -0.1) is 0 Å². The highest BCUT2D eigenvalue weighted by atomic mass is 15.1. The van der Waals surface area contributed by atoms with Gasteiger partial charge in [0.25, 0.3) is 0 Å². The van der Waals surface area contributed by atoms with Crippen LogP contribution in [0.3, 0.4) is 0 Å². The second-order valence-corrected chi connectivity index (χ2v) is 5.89. The molecular formula is C19H26N2. The van der Waals surface area contributed by atoms with Crippen LogP contribution in [0.25, 0.3) is 0 Å². The standard InChI is InChI=1S/C19H26N2/c1-4-16-8-10-18(11-9-16)19(20)14-21(3)13-17-7-5-6-15(2)12-17/h5-12,19H,4,13-14,20H2,1-3H3. The van der Waals surface area contributed by atoms with Crippen LogP contribution < -0.4 is 5.73 Å². The first-order chi connectivity index (χ1) is 10.1. The Balaban J connectivity index is 1.93. The molecule has 21 heavy (non-hydrogen) atoms. The Morgan fingerprint density at radius 3 is 2.38 bits per heavy atom. The lowest BCUT2D eigenvalue weighted by Gasteiger charge is -2.22. The maximum absolute atomic E-state index is 6.33. The third kappa shape index (κ3) is 4.69. The summed E-state index contributed by atoms with van der Waals surface area (Å²) in [6, 6.07) is 17.4. The maximum Gasteiger partial charge on any atom is 0.0424 e. The molecule has 0 aliphatic carbocycles. The Labute approximate surface area is 128 Å². The summed E-state index contributed by atoms with van der Waals surface area (Å²) in [4.78, 5) is 2.28. The van der Waals surface area contributed by atoms with Crippen LogP contribution in [-0.4, -0.2) is 18.5 Å². The largest absolute Gasteiger partial charge is 0.323 e. The van der Waals surface area contributed by atoms with Crippen LogP contribution in [-0.2, 0) is 13.0 Å². The van der Waals surface area contributed by atoms with Crippen LogP contribution in [0, 0.1) is 6.92 Å². The summed E-state index contributed by atoms with van der Waals surface area (Å²) in [6.45, 7) is 6.09. The van der Waals surface area contributed by atoms with Gasteiger partial charge in [-0.2, -0.15) is 0 Å². The molecule has 0 amide bonds. The maximum atomic E-state index is 6.33. The van der Waals surface area contributed by atoms with Crippen molar-refractivity contribution < 1.29 is 0 Å². The summed E-state index contributed by atoms with van der Waals surface area (Å²) in [5, 5.41) is 0. The van der Waals surface area contributed by atoms with Gasteiger partial charge >= 0.3 is 0 Å². The highest BCUT2D eigenvalue weighted by Crippen LogP contribution is 2.14. The third-order valence-corrected chi connectivity index (χ3v) is 3.86. The molecule has 2 aromatic rings. The number of benzene rings is 2. The molecule has 0 aromatic heterocycles. The molecule has 0 bridgehead atoms. The van der Waals surface area contributed by atoms with Crippen LogP contribution in [0.15, 0.2) is 48.5 Å². The number of likely N-dealkylation sites (N-methyl/N-ethyl adjacent to an activating group) is 1. The van der Waals surface area contributed by atoms with E-state index in [9.17, 15) is 0 Å². The van der Waals surface area contributed by atoms with Crippen LogP contribution >= 0.6 is 0 Å². The quantitative estimate of drug-likeness (QED) is 0.875. The van der Waals surface area contributed by atoms with Crippen LogP contribution in [0.5, 0.6) is 0 Å². The second-order valence-electron chi connectivity index (χ2n) is 5.89. The zero-order valence-corrected chi connectivity index (χ0v) is 13.3. The molecule has 0 aliphatic heterocycles. The Hall–Kier alpha value is -1.64. The molecule has 2 rings (SSSR count). The third-order valence-electron chi connectivity index (χ3n) is 3.86. The SMILES string of the molecule is CCc1ccc(C(N)CN(C)Cc2cccc(C)c2)cc1. The van der Waals surface area contributed by atoms with Crippen LogP contribution in [0.2, 0.25) is 0 Å². The molecule has 2 aromatic carbocycles. The summed E-state index contributed by atoms with van der Waals surface area (Å²) in [5.41, 5.74) is 11.5. The smallest absolute Gasteiger partial charge is 0.0424 e. The monoisotopic (exact) mass is 282 g/mol. The predicted molar refractivity (Wildman–Crippen MR) is 90.3 cm³/mol. The fraction of sp³-hybridized carbons (Fsp3) is 0.368. The van der Waals surface area contributed by atoms with Gasteiger partial charge in [-0.1, -0.05) is 61.0 Å². The number of nitrogens with zero attached hydrogens (tertiary/aromatic N) is 1. The van der Waals surface area contributed by atoms with Gasteiger partial charge < -0.3 is 10.6 Å². The van der Waals surface area contributed by atoms with E-state index in [0.29, 0.717) is 0 Å². The van der Waals surface area contributed by atoms with E-state index in [2.05, 4.69) is 74.3 Å². The van der Waals surface area contributed by atoms with Crippen molar-refractivity contribution in [2.45, 2.75) is 32.9 Å². The van der Waals surface area contributed by atoms with E-state index < -0.39 is 0 Å². The topological polar surface area (TPSA) is 29.3 Å². The van der Waals surface area contributed by atoms with Crippen LogP contribution in [0.1, 0.15) is 35.2 Å². The Morgan fingerprint density at radius 1 is 1.05 bits per heavy atom. The Morgan fingerprint density at radius 2 is 1.76 bits per heavy atom. The summed E-state index contributed by atoms with van der Waals surface area (Å²) in [6.07, 6.45) is 1.07. The zero-order valence-electron chi connectivity index (χ0n) is 13.3. The highest BCUT2D eigenvalue weighted by molar-refractivity contribution is 5.25. The first kappa shape index (κ1) is 15.7. The molecule has 0 saturated heterocycles. The molecule has 0 spiro atoms. The zero-order chi connectivity index (χ0) is 15.2. The van der Waals surface area contributed by atoms with Crippen molar-refractivity contribution in [2.24, 2.45) is 5.73 Å². The summed E-state index contributed by atoms with van der Waals surface area (Å²) < 4.78 is 0. The molecule has 0 radical (unpaired) electrons. The van der Waals surface area contributed by atoms with Gasteiger partial charge in [0, 0.05) is 19.1 Å². The average Bonchev–Trinajstić information content (AvgIpc) is 2.47. The molecule has 2 nitrogen and oxygen atoms in total. The molecule has 2 N–H and O–H groups in total. The van der Waals surface area contributed by atoms with Crippen molar-refractivity contribution in [1.82, 2.24) is 4.90 Å². The molecule has 1 atom stereocenters. The fourth-order valence-electron chi connectivity index (χ4n) is 2.63. The van der Waals surface area contributed by atoms with E-state index in [0.717, 1.165) is 19.5 Å². The number of rotatable bonds is 6. The lowest BCUT2D eigenvalue weighted by atomic mass is 10.0. The van der Waals surface area contributed by atoms with Crippen molar-refractivity contribution in [1.29, 1.82) is 0 Å². The number of nitrogens with two attached hydrogens (primary N) is 1. The van der Waals surface area contributed by atoms with Crippen molar-refractivity contribution >= 4 is 0 Å². The van der Waals surface area contributed by atoms with Gasteiger partial charge in [0.1, 0.15) is 0 Å². The fourth-order valence-corrected chi connectivity index (χ4v) is 2.63. The van der Waals surface area contributed by atoms with E-state index >= 15 is 0 Å². The molecule has 0 saturated carbocycles. The van der Waals surface area contributed by atoms with Gasteiger partial charge in [-0.3, -0.25) is 0 Å². The minimum Gasteiger partial charge on any atom is -0.323 e. The first-order valence-corrected chi connectivity index (χ1v) is 7.67. The second kappa shape index (κ2) is 7.39. The lowest BCUT2D eigenvalue weighted by molar-refractivity contribution is 0.305. The summed E-state index contributed by atoms with van der Waals surface area (Å²) in [7, 11) is 2.13. The highest BCUT2D eigenvalue weighted by Gasteiger charge is 2.09. The number of hydrogen-bond donors (Lipinski definition) is 1. The van der Waals surface area contributed by atoms with Crippen LogP contribution in [0.4, 0.5) is 0 Å². The van der Waals surface area contributed by atoms with Gasteiger partial charge in [0.15, 0.2) is 0 Å². The Kier molecular flexibility index (Phi) is 5.54. The lowest BCUT2D eigenvalue weighted by Crippen LogP contribution is -2.28. The normalized spacial score (nSPS) is 12.6. The number of hydrogen-bond acceptors (Lipinski definition) is 2. The molecular weight excluding hydrogens is 256 g/mol. The Bertz CT molecular complexity index is 560. The molecule has 1 unspecified atom stereocenters. The van der Waals surface area contributed by atoms with Gasteiger partial charge in [0.05, 0.1) is 0 Å². The van der Waals surface area contributed by atoms with Gasteiger partial charge in [-0.25, -0.2) is 0 Å². The minimum atomic E-state index is 0.0608. The average molecular weight is 282 g/mol. The predicted octanol–water partition coefficient (Wildman–Crippen LogP) is 3.69. The van der Waals surface area contributed by atoms with Gasteiger partial charge in [0.2, 0.25) is 0 Å². The summed E-state index contributed by atoms with van der Waals surface area (Å²) >= 11 is 0. The molecule has 0 heterocycles. The van der Waals surface area contributed by atoms with E-state index in [1.165, 1.54) is 22.3 Å². The van der Waals surface area contributed by atoms with E-state index in [-0.39, 0.29) is 6.04 Å². The first-order valence-electron chi connectivity index (χ1n) is 7.67. The van der Waals surface area contributed by atoms with Gasteiger partial charge in [-0.05, 0) is 37.1 Å². The number of aryl methyl sites for hydroxylation is 2. The summed E-state index contributed by atoms with van der Waals surface area (Å²) in [5.74, 6) is 0. The molecule has 0 aliphatic rings. The van der Waals surface area contributed by atoms with E-state index in [1.54, 1.807) is 0 Å². The van der Waals surface area contributed by atoms with Crippen molar-refractivity contribution in [2.75, 3.05) is 13.6 Å². The molecule has 2 heteroatoms. The molecule has 0 fully saturated rings. The van der Waals surface area contributed by atoms with E-state index in [4.69, 9.17) is 5.73 Å². The van der Waals surface area contributed by atoms with Crippen molar-refractivity contribution in [3.8, 4) is 0 Å². The molecule has 112 valence electrons. The minimum absolute atomic E-state index is 0.0608. The van der Waals surface area contributed by atoms with E-state index in [1.807, 2.05) is 0 Å². The van der Waals surface area contributed by atoms with Crippen molar-refractivity contribution in [3.63, 3.8) is 0 Å². The van der Waals surface area contributed by atoms with Crippen molar-refractivity contribution in [3.05, 3.63) is 70.8 Å².